The van der Waals surface area contributed by atoms with Crippen LogP contribution in [0, 0.1) is 0 Å². The number of hydrogen-bond donors (Lipinski definition) is 1. The first-order valence-corrected chi connectivity index (χ1v) is 8.32. The van der Waals surface area contributed by atoms with Crippen molar-refractivity contribution in [3.63, 3.8) is 0 Å². The molecule has 0 bridgehead atoms. The number of benzene rings is 1. The standard InChI is InChI=1S/C18H27NO3/c1-3-21-18(20)17(19-2)13-14-9-11-16(12-10-14)22-15-7-5-4-6-8-15/h9-12,15,17,19H,3-8,13H2,1-2H3. The van der Waals surface area contributed by atoms with Crippen LogP contribution in [0.5, 0.6) is 5.75 Å². The first-order chi connectivity index (χ1) is 10.7. The van der Waals surface area contributed by atoms with Gasteiger partial charge in [-0.05, 0) is 63.8 Å². The molecule has 0 saturated heterocycles. The molecule has 1 atom stereocenters. The van der Waals surface area contributed by atoms with E-state index in [0.717, 1.165) is 24.2 Å². The van der Waals surface area contributed by atoms with Gasteiger partial charge in [-0.25, -0.2) is 0 Å². The van der Waals surface area contributed by atoms with Crippen molar-refractivity contribution in [2.24, 2.45) is 0 Å². The van der Waals surface area contributed by atoms with Crippen molar-refractivity contribution < 1.29 is 14.3 Å². The highest BCUT2D eigenvalue weighted by Crippen LogP contribution is 2.23. The van der Waals surface area contributed by atoms with Gasteiger partial charge in [0.1, 0.15) is 11.8 Å². The van der Waals surface area contributed by atoms with Crippen LogP contribution in [0.1, 0.15) is 44.6 Å². The van der Waals surface area contributed by atoms with E-state index in [-0.39, 0.29) is 12.0 Å². The average Bonchev–Trinajstić information content (AvgIpc) is 2.55. The highest BCUT2D eigenvalue weighted by Gasteiger charge is 2.18. The van der Waals surface area contributed by atoms with E-state index in [9.17, 15) is 4.79 Å². The van der Waals surface area contributed by atoms with E-state index in [1.165, 1.54) is 19.3 Å². The van der Waals surface area contributed by atoms with Crippen LogP contribution in [0.2, 0.25) is 0 Å². The summed E-state index contributed by atoms with van der Waals surface area (Å²) < 4.78 is 11.1. The van der Waals surface area contributed by atoms with Crippen molar-refractivity contribution in [3.05, 3.63) is 29.8 Å². The van der Waals surface area contributed by atoms with Crippen LogP contribution in [0.25, 0.3) is 0 Å². The molecule has 1 unspecified atom stereocenters. The van der Waals surface area contributed by atoms with Crippen LogP contribution in [-0.4, -0.2) is 31.8 Å². The summed E-state index contributed by atoms with van der Waals surface area (Å²) in [6, 6.07) is 7.76. The summed E-state index contributed by atoms with van der Waals surface area (Å²) in [6.45, 7) is 2.23. The van der Waals surface area contributed by atoms with Gasteiger partial charge in [0.25, 0.3) is 0 Å². The van der Waals surface area contributed by atoms with Crippen LogP contribution in [-0.2, 0) is 16.0 Å². The molecule has 0 radical (unpaired) electrons. The Morgan fingerprint density at radius 1 is 1.23 bits per heavy atom. The minimum atomic E-state index is -0.301. The molecule has 0 aromatic heterocycles. The molecule has 0 aliphatic heterocycles. The Labute approximate surface area is 133 Å². The largest absolute Gasteiger partial charge is 0.490 e. The molecule has 4 nitrogen and oxygen atoms in total. The highest BCUT2D eigenvalue weighted by atomic mass is 16.5. The predicted molar refractivity (Wildman–Crippen MR) is 87.1 cm³/mol. The van der Waals surface area contributed by atoms with Gasteiger partial charge in [0, 0.05) is 0 Å². The number of carbonyl (C=O) groups is 1. The van der Waals surface area contributed by atoms with E-state index in [2.05, 4.69) is 5.32 Å². The van der Waals surface area contributed by atoms with Crippen LogP contribution in [0.3, 0.4) is 0 Å². The van der Waals surface area contributed by atoms with E-state index in [1.807, 2.05) is 31.2 Å². The van der Waals surface area contributed by atoms with Crippen molar-refractivity contribution in [1.82, 2.24) is 5.32 Å². The second kappa shape index (κ2) is 8.79. The van der Waals surface area contributed by atoms with Crippen molar-refractivity contribution in [1.29, 1.82) is 0 Å². The molecule has 1 N–H and O–H groups in total. The third-order valence-electron chi connectivity index (χ3n) is 4.14. The molecular weight excluding hydrogens is 278 g/mol. The Morgan fingerprint density at radius 2 is 1.91 bits per heavy atom. The number of rotatable bonds is 7. The lowest BCUT2D eigenvalue weighted by Gasteiger charge is -2.23. The minimum absolute atomic E-state index is 0.201. The molecule has 122 valence electrons. The first kappa shape index (κ1) is 16.8. The van der Waals surface area contributed by atoms with E-state index >= 15 is 0 Å². The maximum atomic E-state index is 11.8. The topological polar surface area (TPSA) is 47.6 Å². The number of likely N-dealkylation sites (N-methyl/N-ethyl adjacent to an activating group) is 1. The molecule has 0 amide bonds. The Bertz CT molecular complexity index is 452. The van der Waals surface area contributed by atoms with E-state index in [0.29, 0.717) is 19.1 Å². The third kappa shape index (κ3) is 5.02. The van der Waals surface area contributed by atoms with Gasteiger partial charge in [-0.3, -0.25) is 4.79 Å². The Kier molecular flexibility index (Phi) is 6.72. The smallest absolute Gasteiger partial charge is 0.323 e. The van der Waals surface area contributed by atoms with E-state index in [4.69, 9.17) is 9.47 Å². The lowest BCUT2D eigenvalue weighted by atomic mass is 9.98. The molecule has 1 aliphatic carbocycles. The lowest BCUT2D eigenvalue weighted by Crippen LogP contribution is -2.37. The van der Waals surface area contributed by atoms with Crippen LogP contribution in [0.15, 0.2) is 24.3 Å². The van der Waals surface area contributed by atoms with Crippen molar-refractivity contribution in [2.75, 3.05) is 13.7 Å². The second-order valence-electron chi connectivity index (χ2n) is 5.82. The van der Waals surface area contributed by atoms with E-state index < -0.39 is 0 Å². The summed E-state index contributed by atoms with van der Waals surface area (Å²) in [4.78, 5) is 11.8. The van der Waals surface area contributed by atoms with Gasteiger partial charge in [0.05, 0.1) is 12.7 Å². The molecule has 0 spiro atoms. The van der Waals surface area contributed by atoms with Gasteiger partial charge in [-0.2, -0.15) is 0 Å². The molecule has 1 aliphatic rings. The fourth-order valence-corrected chi connectivity index (χ4v) is 2.86. The molecule has 0 heterocycles. The summed E-state index contributed by atoms with van der Waals surface area (Å²) in [6.07, 6.45) is 7.18. The Morgan fingerprint density at radius 3 is 2.50 bits per heavy atom. The summed E-state index contributed by atoms with van der Waals surface area (Å²) in [5.41, 5.74) is 1.10. The highest BCUT2D eigenvalue weighted by molar-refractivity contribution is 5.76. The zero-order valence-electron chi connectivity index (χ0n) is 13.6. The van der Waals surface area contributed by atoms with Gasteiger partial charge < -0.3 is 14.8 Å². The number of nitrogens with one attached hydrogen (secondary N) is 1. The summed E-state index contributed by atoms with van der Waals surface area (Å²) in [5.74, 6) is 0.723. The van der Waals surface area contributed by atoms with Crippen molar-refractivity contribution in [2.45, 2.75) is 57.6 Å². The number of ether oxygens (including phenoxy) is 2. The number of esters is 1. The maximum absolute atomic E-state index is 11.8. The quantitative estimate of drug-likeness (QED) is 0.786. The van der Waals surface area contributed by atoms with Crippen LogP contribution < -0.4 is 10.1 Å². The van der Waals surface area contributed by atoms with Gasteiger partial charge in [-0.15, -0.1) is 0 Å². The molecular formula is C18H27NO3. The minimum Gasteiger partial charge on any atom is -0.490 e. The van der Waals surface area contributed by atoms with Gasteiger partial charge in [-0.1, -0.05) is 18.6 Å². The molecule has 1 fully saturated rings. The summed E-state index contributed by atoms with van der Waals surface area (Å²) in [7, 11) is 1.78. The SMILES string of the molecule is CCOC(=O)C(Cc1ccc(OC2CCCCC2)cc1)NC. The maximum Gasteiger partial charge on any atom is 0.323 e. The van der Waals surface area contributed by atoms with Crippen molar-refractivity contribution >= 4 is 5.97 Å². The Balaban J connectivity index is 1.88. The zero-order valence-corrected chi connectivity index (χ0v) is 13.6. The third-order valence-corrected chi connectivity index (χ3v) is 4.14. The summed E-state index contributed by atoms with van der Waals surface area (Å²) in [5, 5.41) is 3.01. The second-order valence-corrected chi connectivity index (χ2v) is 5.82. The Hall–Kier alpha value is -1.55. The first-order valence-electron chi connectivity index (χ1n) is 8.32. The molecule has 1 aromatic carbocycles. The molecule has 4 heteroatoms. The predicted octanol–water partition coefficient (Wildman–Crippen LogP) is 3.09. The van der Waals surface area contributed by atoms with Gasteiger partial charge >= 0.3 is 5.97 Å². The molecule has 1 aromatic rings. The van der Waals surface area contributed by atoms with E-state index in [1.54, 1.807) is 7.05 Å². The van der Waals surface area contributed by atoms with Crippen molar-refractivity contribution in [3.8, 4) is 5.75 Å². The van der Waals surface area contributed by atoms with Crippen LogP contribution in [0.4, 0.5) is 0 Å². The fraction of sp³-hybridized carbons (Fsp3) is 0.611. The fourth-order valence-electron chi connectivity index (χ4n) is 2.86. The average molecular weight is 305 g/mol. The molecule has 22 heavy (non-hydrogen) atoms. The zero-order chi connectivity index (χ0) is 15.8. The summed E-state index contributed by atoms with van der Waals surface area (Å²) >= 11 is 0. The van der Waals surface area contributed by atoms with Gasteiger partial charge in [0.15, 0.2) is 0 Å². The number of carbonyl (C=O) groups excluding carboxylic acids is 1. The monoisotopic (exact) mass is 305 g/mol. The lowest BCUT2D eigenvalue weighted by molar-refractivity contribution is -0.145. The molecule has 1 saturated carbocycles. The van der Waals surface area contributed by atoms with Crippen LogP contribution >= 0.6 is 0 Å². The van der Waals surface area contributed by atoms with Gasteiger partial charge in [0.2, 0.25) is 0 Å². The molecule has 2 rings (SSSR count). The number of hydrogen-bond acceptors (Lipinski definition) is 4. The normalized spacial score (nSPS) is 17.0.